The molecule has 3 rings (SSSR count). The van der Waals surface area contributed by atoms with Crippen molar-refractivity contribution in [3.63, 3.8) is 0 Å². The van der Waals surface area contributed by atoms with E-state index in [-0.39, 0.29) is 5.82 Å². The minimum Gasteiger partial charge on any atom is -0.326 e. The molecule has 21 heavy (non-hydrogen) atoms. The number of nitrogens with zero attached hydrogens (tertiary/aromatic N) is 1. The van der Waals surface area contributed by atoms with Crippen molar-refractivity contribution in [3.05, 3.63) is 64.8 Å². The first-order valence-electron chi connectivity index (χ1n) is 6.70. The first-order chi connectivity index (χ1) is 10.2. The molecular formula is C17H15FN2S. The van der Waals surface area contributed by atoms with Gasteiger partial charge >= 0.3 is 0 Å². The van der Waals surface area contributed by atoms with E-state index in [4.69, 9.17) is 5.73 Å². The van der Waals surface area contributed by atoms with Crippen LogP contribution in [0.4, 0.5) is 4.39 Å². The lowest BCUT2D eigenvalue weighted by Crippen LogP contribution is -1.95. The highest BCUT2D eigenvalue weighted by Gasteiger charge is 2.13. The summed E-state index contributed by atoms with van der Waals surface area (Å²) < 4.78 is 13.7. The zero-order valence-corrected chi connectivity index (χ0v) is 12.5. The fraction of sp³-hybridized carbons (Fsp3) is 0.118. The Labute approximate surface area is 127 Å². The molecular weight excluding hydrogens is 283 g/mol. The smallest absolute Gasteiger partial charge is 0.126 e. The summed E-state index contributed by atoms with van der Waals surface area (Å²) in [5, 5.41) is 0.799. The maximum atomic E-state index is 13.7. The molecule has 0 fully saturated rings. The quantitative estimate of drug-likeness (QED) is 0.779. The van der Waals surface area contributed by atoms with Gasteiger partial charge in [0, 0.05) is 22.5 Å². The molecule has 1 heterocycles. The topological polar surface area (TPSA) is 38.9 Å². The molecule has 2 N–H and O–H groups in total. The van der Waals surface area contributed by atoms with Crippen molar-refractivity contribution in [3.8, 4) is 21.8 Å². The third-order valence-electron chi connectivity index (χ3n) is 3.35. The van der Waals surface area contributed by atoms with E-state index in [0.29, 0.717) is 12.1 Å². The molecule has 106 valence electrons. The van der Waals surface area contributed by atoms with E-state index >= 15 is 0 Å². The fourth-order valence-corrected chi connectivity index (χ4v) is 3.12. The van der Waals surface area contributed by atoms with Crippen LogP contribution in [0.2, 0.25) is 0 Å². The van der Waals surface area contributed by atoms with Crippen LogP contribution in [0, 0.1) is 12.7 Å². The summed E-state index contributed by atoms with van der Waals surface area (Å²) >= 11 is 1.52. The number of aromatic nitrogens is 1. The maximum absolute atomic E-state index is 13.7. The second-order valence-electron chi connectivity index (χ2n) is 4.82. The van der Waals surface area contributed by atoms with Gasteiger partial charge in [0.25, 0.3) is 0 Å². The van der Waals surface area contributed by atoms with E-state index < -0.39 is 0 Å². The Morgan fingerprint density at radius 2 is 1.86 bits per heavy atom. The molecule has 0 bridgehead atoms. The molecule has 0 saturated heterocycles. The average molecular weight is 298 g/mol. The van der Waals surface area contributed by atoms with E-state index in [1.165, 1.54) is 17.4 Å². The van der Waals surface area contributed by atoms with E-state index in [1.807, 2.05) is 36.4 Å². The van der Waals surface area contributed by atoms with Gasteiger partial charge in [0.05, 0.1) is 5.69 Å². The summed E-state index contributed by atoms with van der Waals surface area (Å²) in [6, 6.07) is 15.1. The van der Waals surface area contributed by atoms with Crippen molar-refractivity contribution in [1.82, 2.24) is 4.98 Å². The summed E-state index contributed by atoms with van der Waals surface area (Å²) in [5.41, 5.74) is 9.18. The summed E-state index contributed by atoms with van der Waals surface area (Å²) in [7, 11) is 0. The lowest BCUT2D eigenvalue weighted by Gasteiger charge is -2.00. The molecule has 0 spiro atoms. The highest BCUT2D eigenvalue weighted by Crippen LogP contribution is 2.34. The van der Waals surface area contributed by atoms with Gasteiger partial charge in [-0.05, 0) is 18.6 Å². The summed E-state index contributed by atoms with van der Waals surface area (Å²) in [6.07, 6.45) is 0. The van der Waals surface area contributed by atoms with E-state index in [1.54, 1.807) is 13.0 Å². The standard InChI is InChI=1S/C17H15FN2S/c1-11-7-8-13(9-14(11)18)17-20-16(15(10-19)21-17)12-5-3-2-4-6-12/h2-9H,10,19H2,1H3. The van der Waals surface area contributed by atoms with Gasteiger partial charge in [-0.2, -0.15) is 0 Å². The van der Waals surface area contributed by atoms with Crippen LogP contribution >= 0.6 is 11.3 Å². The Kier molecular flexibility index (Phi) is 3.82. The molecule has 0 radical (unpaired) electrons. The predicted octanol–water partition coefficient (Wildman–Crippen LogP) is 4.38. The monoisotopic (exact) mass is 298 g/mol. The van der Waals surface area contributed by atoms with Gasteiger partial charge in [0.15, 0.2) is 0 Å². The van der Waals surface area contributed by atoms with E-state index in [0.717, 1.165) is 26.7 Å². The summed E-state index contributed by atoms with van der Waals surface area (Å²) in [4.78, 5) is 5.68. The molecule has 0 atom stereocenters. The van der Waals surface area contributed by atoms with Crippen molar-refractivity contribution in [1.29, 1.82) is 0 Å². The van der Waals surface area contributed by atoms with Crippen LogP contribution < -0.4 is 5.73 Å². The molecule has 0 unspecified atom stereocenters. The van der Waals surface area contributed by atoms with Crippen molar-refractivity contribution >= 4 is 11.3 Å². The Morgan fingerprint density at radius 3 is 2.52 bits per heavy atom. The predicted molar refractivity (Wildman–Crippen MR) is 85.6 cm³/mol. The Balaban J connectivity index is 2.09. The lowest BCUT2D eigenvalue weighted by atomic mass is 10.1. The van der Waals surface area contributed by atoms with E-state index in [2.05, 4.69) is 4.98 Å². The second kappa shape index (κ2) is 5.76. The number of benzene rings is 2. The van der Waals surface area contributed by atoms with Crippen LogP contribution in [0.15, 0.2) is 48.5 Å². The zero-order chi connectivity index (χ0) is 14.8. The number of rotatable bonds is 3. The van der Waals surface area contributed by atoms with Gasteiger partial charge in [0.2, 0.25) is 0 Å². The Bertz CT molecular complexity index is 766. The number of thiazole rings is 1. The first-order valence-corrected chi connectivity index (χ1v) is 7.52. The third kappa shape index (κ3) is 2.73. The van der Waals surface area contributed by atoms with Crippen LogP contribution in [0.5, 0.6) is 0 Å². The van der Waals surface area contributed by atoms with Crippen LogP contribution in [0.25, 0.3) is 21.8 Å². The SMILES string of the molecule is Cc1ccc(-c2nc(-c3ccccc3)c(CN)s2)cc1F. The van der Waals surface area contributed by atoms with Crippen molar-refractivity contribution in [2.75, 3.05) is 0 Å². The number of halogens is 1. The van der Waals surface area contributed by atoms with Crippen LogP contribution in [0.1, 0.15) is 10.4 Å². The first kappa shape index (κ1) is 13.9. The van der Waals surface area contributed by atoms with Crippen molar-refractivity contribution in [2.45, 2.75) is 13.5 Å². The van der Waals surface area contributed by atoms with Gasteiger partial charge in [-0.3, -0.25) is 0 Å². The highest BCUT2D eigenvalue weighted by atomic mass is 32.1. The Hall–Kier alpha value is -2.04. The third-order valence-corrected chi connectivity index (χ3v) is 4.48. The van der Waals surface area contributed by atoms with Gasteiger partial charge < -0.3 is 5.73 Å². The molecule has 0 saturated carbocycles. The normalized spacial score (nSPS) is 10.8. The van der Waals surface area contributed by atoms with Gasteiger partial charge in [-0.25, -0.2) is 9.37 Å². The van der Waals surface area contributed by atoms with Crippen LogP contribution in [-0.4, -0.2) is 4.98 Å². The molecule has 4 heteroatoms. The molecule has 2 nitrogen and oxygen atoms in total. The molecule has 0 amide bonds. The van der Waals surface area contributed by atoms with E-state index in [9.17, 15) is 4.39 Å². The minimum absolute atomic E-state index is 0.210. The Morgan fingerprint density at radius 1 is 1.10 bits per heavy atom. The summed E-state index contributed by atoms with van der Waals surface area (Å²) in [6.45, 7) is 2.18. The van der Waals surface area contributed by atoms with Crippen molar-refractivity contribution < 1.29 is 4.39 Å². The molecule has 2 aromatic carbocycles. The van der Waals surface area contributed by atoms with Crippen LogP contribution in [0.3, 0.4) is 0 Å². The van der Waals surface area contributed by atoms with Crippen molar-refractivity contribution in [2.24, 2.45) is 5.73 Å². The lowest BCUT2D eigenvalue weighted by molar-refractivity contribution is 0.619. The second-order valence-corrected chi connectivity index (χ2v) is 5.91. The number of hydrogen-bond donors (Lipinski definition) is 1. The molecule has 0 aliphatic heterocycles. The maximum Gasteiger partial charge on any atom is 0.126 e. The number of hydrogen-bond acceptors (Lipinski definition) is 3. The molecule has 0 aliphatic carbocycles. The largest absolute Gasteiger partial charge is 0.326 e. The summed E-state index contributed by atoms with van der Waals surface area (Å²) in [5.74, 6) is -0.210. The molecule has 3 aromatic rings. The van der Waals surface area contributed by atoms with Gasteiger partial charge in [-0.1, -0.05) is 42.5 Å². The average Bonchev–Trinajstić information content (AvgIpc) is 2.95. The number of aryl methyl sites for hydroxylation is 1. The zero-order valence-electron chi connectivity index (χ0n) is 11.6. The molecule has 1 aromatic heterocycles. The van der Waals surface area contributed by atoms with Gasteiger partial charge in [0.1, 0.15) is 10.8 Å². The minimum atomic E-state index is -0.210. The molecule has 0 aliphatic rings. The fourth-order valence-electron chi connectivity index (χ4n) is 2.16. The number of nitrogens with two attached hydrogens (primary N) is 1. The van der Waals surface area contributed by atoms with Crippen LogP contribution in [-0.2, 0) is 6.54 Å². The van der Waals surface area contributed by atoms with Gasteiger partial charge in [-0.15, -0.1) is 11.3 Å². The highest BCUT2D eigenvalue weighted by molar-refractivity contribution is 7.15.